The zero-order valence-corrected chi connectivity index (χ0v) is 13.1. The summed E-state index contributed by atoms with van der Waals surface area (Å²) >= 11 is 1.24. The second kappa shape index (κ2) is 6.43. The standard InChI is InChI=1S/C14H23N3O2S/c1-4-19-14(18)11-12(15)17-20-13(11)16-10-7-5-6-8(2)9(10)3/h8-10,16H,4-7H2,1-3H3,(H2,15,17). The highest BCUT2D eigenvalue weighted by atomic mass is 32.1. The first kappa shape index (κ1) is 15.1. The molecule has 3 N–H and O–H groups in total. The Hall–Kier alpha value is -1.30. The summed E-state index contributed by atoms with van der Waals surface area (Å²) < 4.78 is 9.14. The first-order valence-corrected chi connectivity index (χ1v) is 8.00. The van der Waals surface area contributed by atoms with Crippen LogP contribution in [-0.2, 0) is 4.74 Å². The fraction of sp³-hybridized carbons (Fsp3) is 0.714. The van der Waals surface area contributed by atoms with E-state index in [1.54, 1.807) is 6.92 Å². The number of carbonyl (C=O) groups excluding carboxylic acids is 1. The van der Waals surface area contributed by atoms with Gasteiger partial charge in [-0.2, -0.15) is 4.37 Å². The lowest BCUT2D eigenvalue weighted by molar-refractivity contribution is 0.0529. The number of aromatic nitrogens is 1. The number of nitrogen functional groups attached to an aromatic ring is 1. The number of anilines is 2. The summed E-state index contributed by atoms with van der Waals surface area (Å²) in [6.45, 7) is 6.66. The highest BCUT2D eigenvalue weighted by molar-refractivity contribution is 7.11. The van der Waals surface area contributed by atoms with E-state index in [4.69, 9.17) is 10.5 Å². The molecule has 0 aliphatic heterocycles. The molecule has 3 unspecified atom stereocenters. The van der Waals surface area contributed by atoms with Crippen molar-refractivity contribution in [1.29, 1.82) is 0 Å². The third-order valence-electron chi connectivity index (χ3n) is 4.22. The summed E-state index contributed by atoms with van der Waals surface area (Å²) in [4.78, 5) is 12.0. The van der Waals surface area contributed by atoms with Crippen LogP contribution in [0.2, 0.25) is 0 Å². The molecular formula is C14H23N3O2S. The fourth-order valence-corrected chi connectivity index (χ4v) is 3.52. The van der Waals surface area contributed by atoms with Crippen LogP contribution in [0.4, 0.5) is 10.8 Å². The molecular weight excluding hydrogens is 274 g/mol. The molecule has 1 saturated carbocycles. The van der Waals surface area contributed by atoms with Crippen LogP contribution in [0.25, 0.3) is 0 Å². The van der Waals surface area contributed by atoms with Gasteiger partial charge in [0.05, 0.1) is 6.61 Å². The van der Waals surface area contributed by atoms with Gasteiger partial charge in [0.15, 0.2) is 5.82 Å². The molecule has 1 aliphatic carbocycles. The van der Waals surface area contributed by atoms with E-state index in [2.05, 4.69) is 23.5 Å². The Kier molecular flexibility index (Phi) is 4.86. The Balaban J connectivity index is 2.15. The van der Waals surface area contributed by atoms with Gasteiger partial charge in [-0.25, -0.2) is 4.79 Å². The van der Waals surface area contributed by atoms with E-state index < -0.39 is 5.97 Å². The Morgan fingerprint density at radius 3 is 2.95 bits per heavy atom. The number of hydrogen-bond donors (Lipinski definition) is 2. The first-order valence-electron chi connectivity index (χ1n) is 7.23. The summed E-state index contributed by atoms with van der Waals surface area (Å²) in [6.07, 6.45) is 3.60. The molecule has 112 valence electrons. The smallest absolute Gasteiger partial charge is 0.344 e. The molecule has 1 aromatic rings. The molecule has 6 heteroatoms. The molecule has 5 nitrogen and oxygen atoms in total. The summed E-state index contributed by atoms with van der Waals surface area (Å²) in [6, 6.07) is 0.367. The highest BCUT2D eigenvalue weighted by Gasteiger charge is 2.29. The van der Waals surface area contributed by atoms with Crippen LogP contribution in [0.15, 0.2) is 0 Å². The monoisotopic (exact) mass is 297 g/mol. The van der Waals surface area contributed by atoms with E-state index in [1.807, 2.05) is 0 Å². The topological polar surface area (TPSA) is 77.2 Å². The Labute approximate surface area is 124 Å². The van der Waals surface area contributed by atoms with Crippen molar-refractivity contribution in [3.05, 3.63) is 5.56 Å². The molecule has 1 fully saturated rings. The zero-order valence-electron chi connectivity index (χ0n) is 12.3. The molecule has 20 heavy (non-hydrogen) atoms. The molecule has 0 aromatic carbocycles. The van der Waals surface area contributed by atoms with Crippen molar-refractivity contribution in [2.24, 2.45) is 11.8 Å². The third-order valence-corrected chi connectivity index (χ3v) is 5.01. The van der Waals surface area contributed by atoms with Gasteiger partial charge in [0.25, 0.3) is 0 Å². The van der Waals surface area contributed by atoms with Crippen molar-refractivity contribution in [3.63, 3.8) is 0 Å². The molecule has 1 heterocycles. The quantitative estimate of drug-likeness (QED) is 0.835. The van der Waals surface area contributed by atoms with E-state index in [-0.39, 0.29) is 5.82 Å². The van der Waals surface area contributed by atoms with Crippen LogP contribution in [0.5, 0.6) is 0 Å². The van der Waals surface area contributed by atoms with E-state index >= 15 is 0 Å². The van der Waals surface area contributed by atoms with Gasteiger partial charge in [0.1, 0.15) is 10.6 Å². The predicted octanol–water partition coefficient (Wildman–Crippen LogP) is 3.14. The minimum Gasteiger partial charge on any atom is -0.462 e. The van der Waals surface area contributed by atoms with Gasteiger partial charge in [0, 0.05) is 6.04 Å². The number of nitrogens with zero attached hydrogens (tertiary/aromatic N) is 1. The first-order chi connectivity index (χ1) is 9.54. The molecule has 1 aliphatic rings. The highest BCUT2D eigenvalue weighted by Crippen LogP contribution is 2.35. The molecule has 1 aromatic heterocycles. The normalized spacial score (nSPS) is 26.2. The van der Waals surface area contributed by atoms with Crippen molar-refractivity contribution in [2.75, 3.05) is 17.7 Å². The average molecular weight is 297 g/mol. The van der Waals surface area contributed by atoms with E-state index in [1.165, 1.54) is 24.4 Å². The minimum absolute atomic E-state index is 0.257. The van der Waals surface area contributed by atoms with Crippen LogP contribution in [0.3, 0.4) is 0 Å². The van der Waals surface area contributed by atoms with Gasteiger partial charge in [-0.1, -0.05) is 26.7 Å². The van der Waals surface area contributed by atoms with Gasteiger partial charge in [-0.15, -0.1) is 0 Å². The maximum Gasteiger partial charge on any atom is 0.344 e. The summed E-state index contributed by atoms with van der Waals surface area (Å²) in [5, 5.41) is 4.21. The van der Waals surface area contributed by atoms with Crippen molar-refractivity contribution < 1.29 is 9.53 Å². The van der Waals surface area contributed by atoms with Crippen LogP contribution >= 0.6 is 11.5 Å². The number of ether oxygens (including phenoxy) is 1. The number of esters is 1. The summed E-state index contributed by atoms with van der Waals surface area (Å²) in [5.74, 6) is 1.13. The van der Waals surface area contributed by atoms with E-state index in [0.29, 0.717) is 30.0 Å². The maximum atomic E-state index is 12.0. The van der Waals surface area contributed by atoms with Crippen LogP contribution in [-0.4, -0.2) is 23.0 Å². The lowest BCUT2D eigenvalue weighted by Crippen LogP contribution is -2.35. The van der Waals surface area contributed by atoms with Crippen molar-refractivity contribution in [2.45, 2.75) is 46.1 Å². The van der Waals surface area contributed by atoms with Gasteiger partial charge < -0.3 is 15.8 Å². The number of carbonyl (C=O) groups is 1. The van der Waals surface area contributed by atoms with Gasteiger partial charge in [-0.3, -0.25) is 0 Å². The predicted molar refractivity (Wildman–Crippen MR) is 82.1 cm³/mol. The largest absolute Gasteiger partial charge is 0.462 e. The third kappa shape index (κ3) is 3.06. The Bertz CT molecular complexity index is 475. The Morgan fingerprint density at radius 2 is 2.25 bits per heavy atom. The van der Waals surface area contributed by atoms with E-state index in [0.717, 1.165) is 11.4 Å². The lowest BCUT2D eigenvalue weighted by Gasteiger charge is -2.34. The van der Waals surface area contributed by atoms with Crippen LogP contribution < -0.4 is 11.1 Å². The average Bonchev–Trinajstić information content (AvgIpc) is 2.76. The molecule has 0 bridgehead atoms. The van der Waals surface area contributed by atoms with Crippen LogP contribution in [0.1, 0.15) is 50.4 Å². The molecule has 3 atom stereocenters. The molecule has 0 spiro atoms. The second-order valence-corrected chi connectivity index (χ2v) is 6.28. The number of hydrogen-bond acceptors (Lipinski definition) is 6. The van der Waals surface area contributed by atoms with E-state index in [9.17, 15) is 4.79 Å². The molecule has 0 radical (unpaired) electrons. The molecule has 2 rings (SSSR count). The minimum atomic E-state index is -0.391. The SMILES string of the molecule is CCOC(=O)c1c(N)nsc1NC1CCCC(C)C1C. The lowest BCUT2D eigenvalue weighted by atomic mass is 9.78. The zero-order chi connectivity index (χ0) is 14.7. The summed E-state index contributed by atoms with van der Waals surface area (Å²) in [7, 11) is 0. The van der Waals surface area contributed by atoms with Crippen LogP contribution in [0, 0.1) is 11.8 Å². The summed E-state index contributed by atoms with van der Waals surface area (Å²) in [5.41, 5.74) is 6.19. The van der Waals surface area contributed by atoms with Crippen molar-refractivity contribution in [3.8, 4) is 0 Å². The van der Waals surface area contributed by atoms with Gasteiger partial charge >= 0.3 is 5.97 Å². The second-order valence-electron chi connectivity index (χ2n) is 5.51. The molecule has 0 amide bonds. The fourth-order valence-electron chi connectivity index (χ4n) is 2.76. The Morgan fingerprint density at radius 1 is 1.50 bits per heavy atom. The van der Waals surface area contributed by atoms with Crippen molar-refractivity contribution in [1.82, 2.24) is 4.37 Å². The maximum absolute atomic E-state index is 12.0. The van der Waals surface area contributed by atoms with Crippen molar-refractivity contribution >= 4 is 28.3 Å². The number of nitrogens with two attached hydrogens (primary N) is 1. The molecule has 0 saturated heterocycles. The number of nitrogens with one attached hydrogen (secondary N) is 1. The van der Waals surface area contributed by atoms with Gasteiger partial charge in [0.2, 0.25) is 0 Å². The number of rotatable bonds is 4. The van der Waals surface area contributed by atoms with Gasteiger partial charge in [-0.05, 0) is 36.7 Å².